The predicted molar refractivity (Wildman–Crippen MR) is 95.4 cm³/mol. The molecule has 1 aliphatic heterocycles. The summed E-state index contributed by atoms with van der Waals surface area (Å²) in [5, 5.41) is 2.88. The van der Waals surface area contributed by atoms with E-state index in [0.29, 0.717) is 17.7 Å². The number of thioether (sulfide) groups is 1. The summed E-state index contributed by atoms with van der Waals surface area (Å²) in [4.78, 5) is 12.8. The number of carbonyl (C=O) groups is 1. The summed E-state index contributed by atoms with van der Waals surface area (Å²) in [5.74, 6) is -0.507. The molecule has 3 rings (SSSR count). The number of hydrogen-bond donors (Lipinski definition) is 2. The maximum atomic E-state index is 12.9. The molecule has 0 unspecified atom stereocenters. The van der Waals surface area contributed by atoms with E-state index in [1.165, 1.54) is 48.2 Å². The Morgan fingerprint density at radius 3 is 2.68 bits per heavy atom. The summed E-state index contributed by atoms with van der Waals surface area (Å²) in [6, 6.07) is 10.3. The topological polar surface area (TPSA) is 75.3 Å². The summed E-state index contributed by atoms with van der Waals surface area (Å²) in [6.07, 6.45) is 0.379. The molecule has 8 heteroatoms. The number of hydrogen-bond acceptors (Lipinski definition) is 4. The number of amides is 1. The molecule has 0 aliphatic carbocycles. The van der Waals surface area contributed by atoms with Crippen LogP contribution >= 0.6 is 11.8 Å². The lowest BCUT2D eigenvalue weighted by atomic mass is 10.2. The van der Waals surface area contributed by atoms with Crippen molar-refractivity contribution in [3.05, 3.63) is 53.8 Å². The fourth-order valence-corrected chi connectivity index (χ4v) is 4.56. The lowest BCUT2D eigenvalue weighted by molar-refractivity contribution is -0.116. The van der Waals surface area contributed by atoms with Crippen molar-refractivity contribution in [2.24, 2.45) is 0 Å². The molecule has 5 nitrogen and oxygen atoms in total. The quantitative estimate of drug-likeness (QED) is 0.855. The third-order valence-corrected chi connectivity index (χ3v) is 6.29. The number of anilines is 1. The molecule has 0 saturated heterocycles. The van der Waals surface area contributed by atoms with Crippen molar-refractivity contribution in [2.75, 3.05) is 5.32 Å². The molecular formula is C17H17FN2O3S2. The van der Waals surface area contributed by atoms with Crippen LogP contribution in [0.2, 0.25) is 0 Å². The zero-order valence-corrected chi connectivity index (χ0v) is 15.1. The van der Waals surface area contributed by atoms with Crippen LogP contribution in [0.1, 0.15) is 18.9 Å². The highest BCUT2D eigenvalue weighted by Crippen LogP contribution is 2.36. The Morgan fingerprint density at radius 2 is 1.96 bits per heavy atom. The molecule has 0 radical (unpaired) electrons. The first-order chi connectivity index (χ1) is 11.8. The van der Waals surface area contributed by atoms with Gasteiger partial charge >= 0.3 is 0 Å². The molecule has 2 N–H and O–H groups in total. The average molecular weight is 380 g/mol. The Balaban J connectivity index is 1.80. The first-order valence-corrected chi connectivity index (χ1v) is 10.0. The van der Waals surface area contributed by atoms with Crippen LogP contribution < -0.4 is 10.0 Å². The summed E-state index contributed by atoms with van der Waals surface area (Å²) in [5.41, 5.74) is 1.15. The number of benzene rings is 2. The van der Waals surface area contributed by atoms with E-state index in [1.807, 2.05) is 6.92 Å². The smallest absolute Gasteiger partial charge is 0.240 e. The van der Waals surface area contributed by atoms with Gasteiger partial charge in [0, 0.05) is 23.1 Å². The van der Waals surface area contributed by atoms with Crippen molar-refractivity contribution in [2.45, 2.75) is 34.9 Å². The van der Waals surface area contributed by atoms with Gasteiger partial charge in [-0.3, -0.25) is 4.79 Å². The number of rotatable bonds is 4. The number of carbonyl (C=O) groups excluding carboxylic acids is 1. The zero-order valence-electron chi connectivity index (χ0n) is 13.5. The molecule has 1 amide bonds. The maximum Gasteiger partial charge on any atom is 0.240 e. The molecule has 1 heterocycles. The molecule has 25 heavy (non-hydrogen) atoms. The molecule has 1 atom stereocenters. The highest BCUT2D eigenvalue weighted by atomic mass is 32.2. The molecule has 0 fully saturated rings. The largest absolute Gasteiger partial charge is 0.325 e. The number of fused-ring (bicyclic) bond motifs is 1. The number of sulfonamides is 1. The summed E-state index contributed by atoms with van der Waals surface area (Å²) < 4.78 is 40.4. The molecule has 0 saturated carbocycles. The molecular weight excluding hydrogens is 363 g/mol. The van der Waals surface area contributed by atoms with E-state index in [9.17, 15) is 17.6 Å². The van der Waals surface area contributed by atoms with E-state index < -0.39 is 10.0 Å². The van der Waals surface area contributed by atoms with Gasteiger partial charge in [-0.2, -0.15) is 0 Å². The van der Waals surface area contributed by atoms with E-state index in [0.717, 1.165) is 4.90 Å². The minimum Gasteiger partial charge on any atom is -0.325 e. The normalized spacial score (nSPS) is 17.5. The lowest BCUT2D eigenvalue weighted by Gasteiger charge is -2.11. The second kappa shape index (κ2) is 7.15. The monoisotopic (exact) mass is 380 g/mol. The summed E-state index contributed by atoms with van der Waals surface area (Å²) in [6.45, 7) is 2.01. The predicted octanol–water partition coefficient (Wildman–Crippen LogP) is 3.13. The highest BCUT2D eigenvalue weighted by molar-refractivity contribution is 8.00. The standard InChI is InChI=1S/C17H17FN2O3S2/c1-11-8-17(21)20-15-9-14(6-7-16(15)24-11)25(22,23)19-10-12-2-4-13(18)5-3-12/h2-7,9,11,19H,8,10H2,1H3,(H,20,21)/t11-/m0/s1. The van der Waals surface area contributed by atoms with Gasteiger partial charge in [0.05, 0.1) is 10.6 Å². The highest BCUT2D eigenvalue weighted by Gasteiger charge is 2.22. The van der Waals surface area contributed by atoms with Crippen LogP contribution in [0.3, 0.4) is 0 Å². The van der Waals surface area contributed by atoms with Gasteiger partial charge in [-0.25, -0.2) is 17.5 Å². The molecule has 0 spiro atoms. The van der Waals surface area contributed by atoms with Gasteiger partial charge in [0.2, 0.25) is 15.9 Å². The van der Waals surface area contributed by atoms with Crippen LogP contribution in [-0.2, 0) is 21.4 Å². The van der Waals surface area contributed by atoms with Gasteiger partial charge in [0.15, 0.2) is 0 Å². The Bertz CT molecular complexity index is 899. The van der Waals surface area contributed by atoms with Crippen LogP contribution in [0.25, 0.3) is 0 Å². The minimum atomic E-state index is -3.75. The van der Waals surface area contributed by atoms with Crippen molar-refractivity contribution in [3.8, 4) is 0 Å². The van der Waals surface area contributed by atoms with E-state index in [2.05, 4.69) is 10.0 Å². The van der Waals surface area contributed by atoms with Crippen LogP contribution in [-0.4, -0.2) is 19.6 Å². The maximum absolute atomic E-state index is 12.9. The van der Waals surface area contributed by atoms with Crippen LogP contribution in [0.15, 0.2) is 52.3 Å². The van der Waals surface area contributed by atoms with E-state index in [4.69, 9.17) is 0 Å². The molecule has 0 aromatic heterocycles. The Hall–Kier alpha value is -1.90. The third-order valence-electron chi connectivity index (χ3n) is 3.72. The first-order valence-electron chi connectivity index (χ1n) is 7.68. The van der Waals surface area contributed by atoms with E-state index in [1.54, 1.807) is 6.07 Å². The average Bonchev–Trinajstić information content (AvgIpc) is 2.69. The van der Waals surface area contributed by atoms with Crippen molar-refractivity contribution in [3.63, 3.8) is 0 Å². The Kier molecular flexibility index (Phi) is 5.12. The molecule has 132 valence electrons. The minimum absolute atomic E-state index is 0.0534. The molecule has 0 bridgehead atoms. The van der Waals surface area contributed by atoms with Gasteiger partial charge in [0.25, 0.3) is 0 Å². The number of nitrogens with one attached hydrogen (secondary N) is 2. The van der Waals surface area contributed by atoms with Gasteiger partial charge in [-0.05, 0) is 35.9 Å². The van der Waals surface area contributed by atoms with Gasteiger partial charge in [-0.15, -0.1) is 11.8 Å². The van der Waals surface area contributed by atoms with E-state index in [-0.39, 0.29) is 28.4 Å². The van der Waals surface area contributed by atoms with Gasteiger partial charge in [-0.1, -0.05) is 19.1 Å². The van der Waals surface area contributed by atoms with Crippen LogP contribution in [0, 0.1) is 5.82 Å². The fraction of sp³-hybridized carbons (Fsp3) is 0.235. The van der Waals surface area contributed by atoms with Crippen molar-refractivity contribution in [1.29, 1.82) is 0 Å². The molecule has 2 aromatic carbocycles. The Labute approximate surface area is 150 Å². The summed E-state index contributed by atoms with van der Waals surface area (Å²) >= 11 is 1.53. The Morgan fingerprint density at radius 1 is 1.24 bits per heavy atom. The van der Waals surface area contributed by atoms with Crippen molar-refractivity contribution in [1.82, 2.24) is 4.72 Å². The third kappa shape index (κ3) is 4.39. The van der Waals surface area contributed by atoms with Crippen LogP contribution in [0.5, 0.6) is 0 Å². The van der Waals surface area contributed by atoms with Gasteiger partial charge in [0.1, 0.15) is 5.82 Å². The lowest BCUT2D eigenvalue weighted by Crippen LogP contribution is -2.23. The second-order valence-corrected chi connectivity index (χ2v) is 9.04. The SMILES string of the molecule is C[C@H]1CC(=O)Nc2cc(S(=O)(=O)NCc3ccc(F)cc3)ccc2S1. The van der Waals surface area contributed by atoms with Gasteiger partial charge < -0.3 is 5.32 Å². The fourth-order valence-electron chi connectivity index (χ4n) is 2.46. The molecule has 2 aromatic rings. The van der Waals surface area contributed by atoms with Crippen molar-refractivity contribution >= 4 is 33.4 Å². The van der Waals surface area contributed by atoms with Crippen LogP contribution in [0.4, 0.5) is 10.1 Å². The molecule has 1 aliphatic rings. The zero-order chi connectivity index (χ0) is 18.0. The van der Waals surface area contributed by atoms with E-state index >= 15 is 0 Å². The number of halogens is 1. The van der Waals surface area contributed by atoms with Crippen molar-refractivity contribution < 1.29 is 17.6 Å². The first kappa shape index (κ1) is 17.9. The summed E-state index contributed by atoms with van der Waals surface area (Å²) in [7, 11) is -3.75. The second-order valence-electron chi connectivity index (χ2n) is 5.79.